The molecular weight excluding hydrogens is 312 g/mol. The maximum Gasteiger partial charge on any atom is 0.414 e. The highest BCUT2D eigenvalue weighted by Gasteiger charge is 2.31. The number of cyclic esters (lactones) is 1. The summed E-state index contributed by atoms with van der Waals surface area (Å²) in [5.41, 5.74) is 8.43. The molecule has 4 nitrogen and oxygen atoms in total. The minimum Gasteiger partial charge on any atom is -0.443 e. The van der Waals surface area contributed by atoms with Crippen LogP contribution in [0, 0.1) is 0 Å². The number of nitrogens with two attached hydrogens (primary N) is 1. The molecule has 1 fully saturated rings. The second kappa shape index (κ2) is 6.86. The van der Waals surface area contributed by atoms with Gasteiger partial charge in [-0.2, -0.15) is 0 Å². The molecule has 0 aromatic heterocycles. The zero-order valence-corrected chi connectivity index (χ0v) is 13.2. The Labute approximate surface area is 140 Å². The van der Waals surface area contributed by atoms with E-state index in [1.807, 2.05) is 60.7 Å². The van der Waals surface area contributed by atoms with Crippen molar-refractivity contribution in [3.63, 3.8) is 0 Å². The Bertz CT molecular complexity index is 728. The zero-order chi connectivity index (χ0) is 16.2. The highest BCUT2D eigenvalue weighted by Crippen LogP contribution is 2.22. The number of carbonyl (C=O) groups is 1. The van der Waals surface area contributed by atoms with E-state index in [1.165, 1.54) is 0 Å². The first kappa shape index (κ1) is 15.6. The summed E-state index contributed by atoms with van der Waals surface area (Å²) < 4.78 is 5.16. The third kappa shape index (κ3) is 3.73. The maximum absolute atomic E-state index is 11.8. The fourth-order valence-electron chi connectivity index (χ4n) is 2.42. The summed E-state index contributed by atoms with van der Waals surface area (Å²) in [7, 11) is 0. The van der Waals surface area contributed by atoms with E-state index in [2.05, 4.69) is 0 Å². The average molecular weight is 329 g/mol. The van der Waals surface area contributed by atoms with Crippen LogP contribution in [0.4, 0.5) is 10.5 Å². The van der Waals surface area contributed by atoms with Gasteiger partial charge in [-0.3, -0.25) is 4.90 Å². The standard InChI is InChI=1S/C18H17ClN2O2/c19-15-3-1-2-14(10-15)5-4-13-6-8-16(9-7-13)21-12-17(11-20)23-18(21)22/h1-10,17H,11-12,20H2. The third-order valence-electron chi connectivity index (χ3n) is 3.66. The van der Waals surface area contributed by atoms with Crippen molar-refractivity contribution in [3.05, 3.63) is 64.7 Å². The molecule has 118 valence electrons. The molecule has 0 radical (unpaired) electrons. The molecule has 0 spiro atoms. The normalized spacial score (nSPS) is 17.7. The molecule has 1 heterocycles. The highest BCUT2D eigenvalue weighted by atomic mass is 35.5. The van der Waals surface area contributed by atoms with Crippen molar-refractivity contribution in [1.82, 2.24) is 0 Å². The Morgan fingerprint density at radius 2 is 1.91 bits per heavy atom. The second-order valence-electron chi connectivity index (χ2n) is 5.33. The van der Waals surface area contributed by atoms with E-state index < -0.39 is 0 Å². The Morgan fingerprint density at radius 3 is 2.57 bits per heavy atom. The fraction of sp³-hybridized carbons (Fsp3) is 0.167. The predicted molar refractivity (Wildman–Crippen MR) is 93.5 cm³/mol. The minimum absolute atomic E-state index is 0.232. The van der Waals surface area contributed by atoms with Gasteiger partial charge in [0.15, 0.2) is 0 Å². The van der Waals surface area contributed by atoms with Crippen LogP contribution < -0.4 is 10.6 Å². The molecule has 0 aliphatic carbocycles. The van der Waals surface area contributed by atoms with Gasteiger partial charge >= 0.3 is 6.09 Å². The molecule has 23 heavy (non-hydrogen) atoms. The van der Waals surface area contributed by atoms with Gasteiger partial charge in [0.05, 0.1) is 6.54 Å². The van der Waals surface area contributed by atoms with E-state index in [4.69, 9.17) is 22.1 Å². The van der Waals surface area contributed by atoms with Gasteiger partial charge in [0.1, 0.15) is 6.10 Å². The van der Waals surface area contributed by atoms with Crippen molar-refractivity contribution in [2.45, 2.75) is 6.10 Å². The van der Waals surface area contributed by atoms with E-state index in [-0.39, 0.29) is 12.2 Å². The molecule has 1 unspecified atom stereocenters. The van der Waals surface area contributed by atoms with Crippen LogP contribution in [-0.4, -0.2) is 25.3 Å². The van der Waals surface area contributed by atoms with Crippen molar-refractivity contribution < 1.29 is 9.53 Å². The number of anilines is 1. The SMILES string of the molecule is NCC1CN(c2ccc(C=Cc3cccc(Cl)c3)cc2)C(=O)O1. The Morgan fingerprint density at radius 1 is 1.17 bits per heavy atom. The molecule has 1 saturated heterocycles. The molecule has 3 rings (SSSR count). The summed E-state index contributed by atoms with van der Waals surface area (Å²) in [4.78, 5) is 13.4. The largest absolute Gasteiger partial charge is 0.443 e. The second-order valence-corrected chi connectivity index (χ2v) is 5.77. The van der Waals surface area contributed by atoms with Crippen LogP contribution in [0.2, 0.25) is 5.02 Å². The number of benzene rings is 2. The van der Waals surface area contributed by atoms with E-state index in [9.17, 15) is 4.79 Å². The molecule has 1 atom stereocenters. The van der Waals surface area contributed by atoms with Gasteiger partial charge in [-0.15, -0.1) is 0 Å². The Kier molecular flexibility index (Phi) is 4.65. The number of ether oxygens (including phenoxy) is 1. The first-order chi connectivity index (χ1) is 11.2. The smallest absolute Gasteiger partial charge is 0.414 e. The lowest BCUT2D eigenvalue weighted by atomic mass is 10.1. The number of carbonyl (C=O) groups excluding carboxylic acids is 1. The lowest BCUT2D eigenvalue weighted by molar-refractivity contribution is 0.145. The summed E-state index contributed by atoms with van der Waals surface area (Å²) in [6, 6.07) is 15.4. The summed E-state index contributed by atoms with van der Waals surface area (Å²) >= 11 is 5.97. The van der Waals surface area contributed by atoms with E-state index in [0.29, 0.717) is 18.1 Å². The third-order valence-corrected chi connectivity index (χ3v) is 3.89. The summed E-state index contributed by atoms with van der Waals surface area (Å²) in [5.74, 6) is 0. The molecule has 1 aliphatic heterocycles. The Hall–Kier alpha value is -2.30. The van der Waals surface area contributed by atoms with Crippen LogP contribution in [0.1, 0.15) is 11.1 Å². The van der Waals surface area contributed by atoms with Gasteiger partial charge < -0.3 is 10.5 Å². The van der Waals surface area contributed by atoms with Gasteiger partial charge in [0, 0.05) is 17.3 Å². The molecule has 2 aromatic rings. The number of hydrogen-bond acceptors (Lipinski definition) is 3. The van der Waals surface area contributed by atoms with Crippen LogP contribution >= 0.6 is 11.6 Å². The minimum atomic E-state index is -0.345. The lowest BCUT2D eigenvalue weighted by Gasteiger charge is -2.12. The highest BCUT2D eigenvalue weighted by molar-refractivity contribution is 6.30. The number of rotatable bonds is 4. The van der Waals surface area contributed by atoms with E-state index in [1.54, 1.807) is 4.90 Å². The van der Waals surface area contributed by atoms with Crippen LogP contribution in [-0.2, 0) is 4.74 Å². The van der Waals surface area contributed by atoms with Gasteiger partial charge in [-0.25, -0.2) is 4.79 Å². The predicted octanol–water partition coefficient (Wildman–Crippen LogP) is 3.79. The van der Waals surface area contributed by atoms with E-state index in [0.717, 1.165) is 16.8 Å². The first-order valence-corrected chi connectivity index (χ1v) is 7.75. The number of nitrogens with zero attached hydrogens (tertiary/aromatic N) is 1. The quantitative estimate of drug-likeness (QED) is 0.869. The summed E-state index contributed by atoms with van der Waals surface area (Å²) in [6.45, 7) is 0.829. The molecule has 2 N–H and O–H groups in total. The molecule has 5 heteroatoms. The number of halogens is 1. The molecule has 2 aromatic carbocycles. The van der Waals surface area contributed by atoms with Crippen LogP contribution in [0.15, 0.2) is 48.5 Å². The maximum atomic E-state index is 11.8. The number of amides is 1. The van der Waals surface area contributed by atoms with Gasteiger partial charge in [-0.1, -0.05) is 48.0 Å². The fourth-order valence-corrected chi connectivity index (χ4v) is 2.62. The van der Waals surface area contributed by atoms with Crippen molar-refractivity contribution in [3.8, 4) is 0 Å². The van der Waals surface area contributed by atoms with Crippen molar-refractivity contribution in [2.75, 3.05) is 18.0 Å². The zero-order valence-electron chi connectivity index (χ0n) is 12.5. The molecular formula is C18H17ClN2O2. The monoisotopic (exact) mass is 328 g/mol. The van der Waals surface area contributed by atoms with Crippen molar-refractivity contribution in [1.29, 1.82) is 0 Å². The van der Waals surface area contributed by atoms with Crippen molar-refractivity contribution in [2.24, 2.45) is 5.73 Å². The van der Waals surface area contributed by atoms with Crippen molar-refractivity contribution >= 4 is 35.5 Å². The summed E-state index contributed by atoms with van der Waals surface area (Å²) in [5, 5.41) is 0.713. The Balaban J connectivity index is 1.71. The molecule has 1 aliphatic rings. The molecule has 0 bridgehead atoms. The molecule has 1 amide bonds. The first-order valence-electron chi connectivity index (χ1n) is 7.37. The van der Waals surface area contributed by atoms with E-state index >= 15 is 0 Å². The van der Waals surface area contributed by atoms with Crippen LogP contribution in [0.5, 0.6) is 0 Å². The summed E-state index contributed by atoms with van der Waals surface area (Å²) in [6.07, 6.45) is 3.42. The topological polar surface area (TPSA) is 55.6 Å². The van der Waals surface area contributed by atoms with Crippen LogP contribution in [0.3, 0.4) is 0 Å². The van der Waals surface area contributed by atoms with Gasteiger partial charge in [0.2, 0.25) is 0 Å². The number of hydrogen-bond donors (Lipinski definition) is 1. The van der Waals surface area contributed by atoms with Gasteiger partial charge in [-0.05, 0) is 35.4 Å². The van der Waals surface area contributed by atoms with Gasteiger partial charge in [0.25, 0.3) is 0 Å². The average Bonchev–Trinajstić information content (AvgIpc) is 2.95. The van der Waals surface area contributed by atoms with Crippen LogP contribution in [0.25, 0.3) is 12.2 Å². The lowest BCUT2D eigenvalue weighted by Crippen LogP contribution is -2.27. The molecule has 0 saturated carbocycles.